The largest absolute Gasteiger partial charge is 0.329 e. The number of hydrogen-bond donors (Lipinski definition) is 1. The van der Waals surface area contributed by atoms with Gasteiger partial charge in [0.2, 0.25) is 0 Å². The molecule has 2 aliphatic rings. The monoisotopic (exact) mass is 296 g/mol. The molecule has 0 spiro atoms. The van der Waals surface area contributed by atoms with Crippen molar-refractivity contribution >= 4 is 0 Å². The molecule has 0 bridgehead atoms. The van der Waals surface area contributed by atoms with Gasteiger partial charge >= 0.3 is 0 Å². The number of nitrogens with zero attached hydrogens (tertiary/aromatic N) is 3. The van der Waals surface area contributed by atoms with Crippen molar-refractivity contribution in [1.82, 2.24) is 14.7 Å². The normalized spacial score (nSPS) is 33.0. The van der Waals surface area contributed by atoms with E-state index in [1.807, 2.05) is 0 Å². The van der Waals surface area contributed by atoms with E-state index in [1.165, 1.54) is 58.3 Å². The topological polar surface area (TPSA) is 35.7 Å². The van der Waals surface area contributed by atoms with Crippen molar-refractivity contribution in [3.8, 4) is 0 Å². The fourth-order valence-corrected chi connectivity index (χ4v) is 4.18. The van der Waals surface area contributed by atoms with Gasteiger partial charge in [-0.2, -0.15) is 0 Å². The third-order valence-corrected chi connectivity index (χ3v) is 6.03. The molecule has 124 valence electrons. The van der Waals surface area contributed by atoms with Gasteiger partial charge < -0.3 is 15.5 Å². The average molecular weight is 297 g/mol. The van der Waals surface area contributed by atoms with Crippen molar-refractivity contribution in [3.05, 3.63) is 0 Å². The van der Waals surface area contributed by atoms with Crippen LogP contribution in [0.5, 0.6) is 0 Å². The molecular weight excluding hydrogens is 260 g/mol. The highest BCUT2D eigenvalue weighted by atomic mass is 15.3. The maximum atomic E-state index is 6.27. The lowest BCUT2D eigenvalue weighted by atomic mass is 9.88. The molecule has 0 aliphatic carbocycles. The number of likely N-dealkylation sites (N-methyl/N-ethyl adjacent to an activating group) is 2. The summed E-state index contributed by atoms with van der Waals surface area (Å²) in [7, 11) is 4.58. The van der Waals surface area contributed by atoms with Gasteiger partial charge in [-0.1, -0.05) is 0 Å². The van der Waals surface area contributed by atoms with Gasteiger partial charge in [0.05, 0.1) is 0 Å². The van der Waals surface area contributed by atoms with Crippen LogP contribution in [0.2, 0.25) is 0 Å². The lowest BCUT2D eigenvalue weighted by molar-refractivity contribution is 0.0799. The first kappa shape index (κ1) is 17.2. The fourth-order valence-electron chi connectivity index (χ4n) is 4.18. The molecule has 4 heteroatoms. The molecule has 0 saturated carbocycles. The second kappa shape index (κ2) is 7.40. The SMILES string of the molecule is CC(C)N1CCCC(CN)(N(C)CC2CCCN2C)CC1. The molecule has 2 atom stereocenters. The zero-order valence-corrected chi connectivity index (χ0v) is 14.6. The molecule has 2 heterocycles. The van der Waals surface area contributed by atoms with Crippen LogP contribution in [0.4, 0.5) is 0 Å². The van der Waals surface area contributed by atoms with Gasteiger partial charge in [-0.25, -0.2) is 0 Å². The molecule has 21 heavy (non-hydrogen) atoms. The van der Waals surface area contributed by atoms with E-state index in [0.29, 0.717) is 6.04 Å². The Morgan fingerprint density at radius 3 is 2.52 bits per heavy atom. The molecule has 0 radical (unpaired) electrons. The summed E-state index contributed by atoms with van der Waals surface area (Å²) in [5.74, 6) is 0. The van der Waals surface area contributed by atoms with Crippen molar-refractivity contribution in [3.63, 3.8) is 0 Å². The first-order valence-electron chi connectivity index (χ1n) is 8.84. The van der Waals surface area contributed by atoms with E-state index in [4.69, 9.17) is 5.73 Å². The Bertz CT molecular complexity index is 320. The highest BCUT2D eigenvalue weighted by molar-refractivity contribution is 4.95. The predicted molar refractivity (Wildman–Crippen MR) is 90.6 cm³/mol. The van der Waals surface area contributed by atoms with Crippen LogP contribution in [-0.2, 0) is 0 Å². The second-order valence-corrected chi connectivity index (χ2v) is 7.57. The molecule has 2 rings (SSSR count). The zero-order chi connectivity index (χ0) is 15.5. The van der Waals surface area contributed by atoms with Crippen LogP contribution in [0.1, 0.15) is 46.0 Å². The first-order chi connectivity index (χ1) is 9.98. The smallest absolute Gasteiger partial charge is 0.0342 e. The average Bonchev–Trinajstić information content (AvgIpc) is 2.74. The Labute approximate surface area is 131 Å². The number of rotatable bonds is 5. The van der Waals surface area contributed by atoms with E-state index in [1.54, 1.807) is 0 Å². The molecule has 2 fully saturated rings. The van der Waals surface area contributed by atoms with E-state index in [9.17, 15) is 0 Å². The molecule has 2 N–H and O–H groups in total. The maximum Gasteiger partial charge on any atom is 0.0342 e. The van der Waals surface area contributed by atoms with Gasteiger partial charge in [-0.3, -0.25) is 4.90 Å². The Kier molecular flexibility index (Phi) is 6.06. The van der Waals surface area contributed by atoms with Crippen molar-refractivity contribution in [2.24, 2.45) is 5.73 Å². The van der Waals surface area contributed by atoms with E-state index >= 15 is 0 Å². The Hall–Kier alpha value is -0.160. The molecule has 2 unspecified atom stereocenters. The number of likely N-dealkylation sites (tertiary alicyclic amines) is 2. The Balaban J connectivity index is 1.99. The summed E-state index contributed by atoms with van der Waals surface area (Å²) in [4.78, 5) is 7.74. The van der Waals surface area contributed by atoms with Gasteiger partial charge in [0.1, 0.15) is 0 Å². The number of hydrogen-bond acceptors (Lipinski definition) is 4. The van der Waals surface area contributed by atoms with Crippen LogP contribution in [0, 0.1) is 0 Å². The maximum absolute atomic E-state index is 6.27. The fraction of sp³-hybridized carbons (Fsp3) is 1.00. The Morgan fingerprint density at radius 2 is 1.95 bits per heavy atom. The first-order valence-corrected chi connectivity index (χ1v) is 8.84. The second-order valence-electron chi connectivity index (χ2n) is 7.57. The molecular formula is C17H36N4. The van der Waals surface area contributed by atoms with Gasteiger partial charge in [0.25, 0.3) is 0 Å². The van der Waals surface area contributed by atoms with Crippen LogP contribution in [-0.4, -0.2) is 79.1 Å². The molecule has 0 amide bonds. The lowest BCUT2D eigenvalue weighted by Crippen LogP contribution is -2.55. The van der Waals surface area contributed by atoms with Crippen LogP contribution in [0.15, 0.2) is 0 Å². The van der Waals surface area contributed by atoms with Crippen molar-refractivity contribution in [2.45, 2.75) is 63.6 Å². The van der Waals surface area contributed by atoms with Crippen LogP contribution in [0.3, 0.4) is 0 Å². The van der Waals surface area contributed by atoms with Crippen molar-refractivity contribution in [2.75, 3.05) is 46.8 Å². The quantitative estimate of drug-likeness (QED) is 0.836. The minimum atomic E-state index is 0.215. The zero-order valence-electron chi connectivity index (χ0n) is 14.6. The summed E-state index contributed by atoms with van der Waals surface area (Å²) in [6.07, 6.45) is 6.44. The van der Waals surface area contributed by atoms with Crippen molar-refractivity contribution < 1.29 is 0 Å². The molecule has 0 aromatic carbocycles. The standard InChI is InChI=1S/C17H36N4/c1-15(2)21-11-6-8-17(14-18,9-12-21)20(4)13-16-7-5-10-19(16)3/h15-16H,5-14,18H2,1-4H3. The minimum absolute atomic E-state index is 0.215. The third-order valence-electron chi connectivity index (χ3n) is 6.03. The van der Waals surface area contributed by atoms with Crippen LogP contribution >= 0.6 is 0 Å². The van der Waals surface area contributed by atoms with E-state index in [2.05, 4.69) is 42.6 Å². The summed E-state index contributed by atoms with van der Waals surface area (Å²) in [5, 5.41) is 0. The van der Waals surface area contributed by atoms with Gasteiger partial charge in [-0.15, -0.1) is 0 Å². The summed E-state index contributed by atoms with van der Waals surface area (Å²) >= 11 is 0. The van der Waals surface area contributed by atoms with Gasteiger partial charge in [0, 0.05) is 37.3 Å². The summed E-state index contributed by atoms with van der Waals surface area (Å²) in [6.45, 7) is 10.3. The number of nitrogens with two attached hydrogens (primary N) is 1. The molecule has 2 aliphatic heterocycles. The van der Waals surface area contributed by atoms with Crippen molar-refractivity contribution in [1.29, 1.82) is 0 Å². The lowest BCUT2D eigenvalue weighted by Gasteiger charge is -2.43. The molecule has 2 saturated heterocycles. The summed E-state index contributed by atoms with van der Waals surface area (Å²) < 4.78 is 0. The Morgan fingerprint density at radius 1 is 1.19 bits per heavy atom. The predicted octanol–water partition coefficient (Wildman–Crippen LogP) is 1.60. The third kappa shape index (κ3) is 3.98. The molecule has 4 nitrogen and oxygen atoms in total. The van der Waals surface area contributed by atoms with E-state index in [-0.39, 0.29) is 5.54 Å². The molecule has 0 aromatic rings. The van der Waals surface area contributed by atoms with Gasteiger partial charge in [-0.05, 0) is 73.1 Å². The molecule has 0 aromatic heterocycles. The van der Waals surface area contributed by atoms with Crippen LogP contribution in [0.25, 0.3) is 0 Å². The summed E-state index contributed by atoms with van der Waals surface area (Å²) in [5.41, 5.74) is 6.48. The minimum Gasteiger partial charge on any atom is -0.329 e. The highest BCUT2D eigenvalue weighted by Crippen LogP contribution is 2.29. The highest BCUT2D eigenvalue weighted by Gasteiger charge is 2.37. The van der Waals surface area contributed by atoms with Crippen LogP contribution < -0.4 is 5.73 Å². The van der Waals surface area contributed by atoms with E-state index in [0.717, 1.165) is 12.6 Å². The van der Waals surface area contributed by atoms with E-state index < -0.39 is 0 Å². The van der Waals surface area contributed by atoms with Gasteiger partial charge in [0.15, 0.2) is 0 Å². The summed E-state index contributed by atoms with van der Waals surface area (Å²) in [6, 6.07) is 1.38.